The SMILES string of the molecule is C=CC[C@H]1COC2=c3c(nc(NC(=O)c4cc(C)nn4CC)n31)=CC(C(N)=O)C2. The van der Waals surface area contributed by atoms with E-state index in [2.05, 4.69) is 22.0 Å². The van der Waals surface area contributed by atoms with E-state index in [1.165, 1.54) is 0 Å². The third kappa shape index (κ3) is 3.22. The van der Waals surface area contributed by atoms with E-state index in [9.17, 15) is 9.59 Å². The van der Waals surface area contributed by atoms with E-state index in [1.54, 1.807) is 16.8 Å². The second-order valence-electron chi connectivity index (χ2n) is 7.27. The van der Waals surface area contributed by atoms with Crippen LogP contribution in [0.5, 0.6) is 0 Å². The predicted molar refractivity (Wildman–Crippen MR) is 107 cm³/mol. The molecular formula is C20H24N6O3. The van der Waals surface area contributed by atoms with Crippen LogP contribution in [0.1, 0.15) is 42.0 Å². The summed E-state index contributed by atoms with van der Waals surface area (Å²) in [6, 6.07) is 1.69. The van der Waals surface area contributed by atoms with Gasteiger partial charge in [-0.1, -0.05) is 6.08 Å². The van der Waals surface area contributed by atoms with Crippen LogP contribution in [0.25, 0.3) is 11.8 Å². The number of carbonyl (C=O) groups excluding carboxylic acids is 2. The van der Waals surface area contributed by atoms with Crippen LogP contribution in [0.4, 0.5) is 5.95 Å². The van der Waals surface area contributed by atoms with Gasteiger partial charge in [-0.2, -0.15) is 5.10 Å². The van der Waals surface area contributed by atoms with Crippen LogP contribution in [0.15, 0.2) is 18.7 Å². The number of nitrogens with one attached hydrogen (secondary N) is 1. The van der Waals surface area contributed by atoms with Gasteiger partial charge in [-0.3, -0.25) is 19.6 Å². The second kappa shape index (κ2) is 7.23. The summed E-state index contributed by atoms with van der Waals surface area (Å²) in [5, 5.41) is 8.64. The first-order valence-corrected chi connectivity index (χ1v) is 9.65. The van der Waals surface area contributed by atoms with E-state index < -0.39 is 11.8 Å². The van der Waals surface area contributed by atoms with Gasteiger partial charge in [0.15, 0.2) is 0 Å². The number of anilines is 1. The van der Waals surface area contributed by atoms with Crippen molar-refractivity contribution in [2.45, 2.75) is 39.3 Å². The molecule has 4 rings (SSSR count). The standard InChI is InChI=1S/C20H24N6O3/c1-4-6-13-10-29-16-9-12(18(21)27)8-14-17(16)26(13)20(22-14)23-19(28)15-7-11(3)24-25(15)5-2/h4,7-8,12-13H,1,5-6,9-10H2,2-3H3,(H2,21,27)(H,22,23,28)/t12?,13-/m0/s1. The van der Waals surface area contributed by atoms with Crippen molar-refractivity contribution in [3.8, 4) is 0 Å². The number of carbonyl (C=O) groups is 2. The number of amides is 2. The maximum absolute atomic E-state index is 13.0. The molecule has 1 aliphatic heterocycles. The van der Waals surface area contributed by atoms with E-state index >= 15 is 0 Å². The highest BCUT2D eigenvalue weighted by atomic mass is 16.5. The number of aromatic nitrogens is 4. The first kappa shape index (κ1) is 19.0. The Morgan fingerprint density at radius 2 is 2.28 bits per heavy atom. The molecule has 1 aliphatic carbocycles. The Balaban J connectivity index is 1.81. The summed E-state index contributed by atoms with van der Waals surface area (Å²) < 4.78 is 9.55. The molecule has 1 unspecified atom stereocenters. The smallest absolute Gasteiger partial charge is 0.276 e. The van der Waals surface area contributed by atoms with Gasteiger partial charge in [0, 0.05) is 13.0 Å². The van der Waals surface area contributed by atoms with Crippen molar-refractivity contribution in [1.29, 1.82) is 0 Å². The Morgan fingerprint density at radius 3 is 2.97 bits per heavy atom. The van der Waals surface area contributed by atoms with E-state index in [-0.39, 0.29) is 11.9 Å². The number of hydrogen-bond acceptors (Lipinski definition) is 5. The fourth-order valence-corrected chi connectivity index (χ4v) is 3.92. The van der Waals surface area contributed by atoms with Gasteiger partial charge in [-0.25, -0.2) is 4.98 Å². The number of imidazole rings is 1. The molecule has 3 heterocycles. The minimum Gasteiger partial charge on any atom is -0.493 e. The lowest BCUT2D eigenvalue weighted by Gasteiger charge is -2.28. The summed E-state index contributed by atoms with van der Waals surface area (Å²) in [5.41, 5.74) is 6.74. The monoisotopic (exact) mass is 396 g/mol. The van der Waals surface area contributed by atoms with E-state index in [0.29, 0.717) is 48.7 Å². The molecule has 0 spiro atoms. The molecule has 29 heavy (non-hydrogen) atoms. The quantitative estimate of drug-likeness (QED) is 0.677. The lowest BCUT2D eigenvalue weighted by atomic mass is 9.98. The molecular weight excluding hydrogens is 372 g/mol. The molecule has 0 saturated heterocycles. The summed E-state index contributed by atoms with van der Waals surface area (Å²) in [5.74, 6) is -0.112. The lowest BCUT2D eigenvalue weighted by molar-refractivity contribution is -0.120. The van der Waals surface area contributed by atoms with Gasteiger partial charge in [0.1, 0.15) is 23.4 Å². The summed E-state index contributed by atoms with van der Waals surface area (Å²) in [6.07, 6.45) is 4.60. The number of allylic oxidation sites excluding steroid dienone is 1. The van der Waals surface area contributed by atoms with Crippen molar-refractivity contribution in [3.63, 3.8) is 0 Å². The van der Waals surface area contributed by atoms with Crippen molar-refractivity contribution in [2.24, 2.45) is 11.7 Å². The van der Waals surface area contributed by atoms with Crippen LogP contribution in [-0.4, -0.2) is 37.8 Å². The van der Waals surface area contributed by atoms with Crippen molar-refractivity contribution in [3.05, 3.63) is 40.8 Å². The molecule has 0 saturated carbocycles. The van der Waals surface area contributed by atoms with E-state index in [1.807, 2.05) is 24.5 Å². The molecule has 0 radical (unpaired) electrons. The molecule has 9 heteroatoms. The Morgan fingerprint density at radius 1 is 1.48 bits per heavy atom. The van der Waals surface area contributed by atoms with Crippen LogP contribution < -0.4 is 21.7 Å². The maximum atomic E-state index is 13.0. The first-order chi connectivity index (χ1) is 13.9. The molecule has 2 aromatic heterocycles. The van der Waals surface area contributed by atoms with Crippen LogP contribution in [0.3, 0.4) is 0 Å². The summed E-state index contributed by atoms with van der Waals surface area (Å²) in [7, 11) is 0. The van der Waals surface area contributed by atoms with Crippen LogP contribution in [0, 0.1) is 12.8 Å². The third-order valence-electron chi connectivity index (χ3n) is 5.25. The first-order valence-electron chi connectivity index (χ1n) is 9.65. The third-order valence-corrected chi connectivity index (χ3v) is 5.25. The minimum atomic E-state index is -0.482. The molecule has 2 aromatic rings. The van der Waals surface area contributed by atoms with Gasteiger partial charge in [0.2, 0.25) is 11.9 Å². The van der Waals surface area contributed by atoms with Crippen molar-refractivity contribution in [1.82, 2.24) is 19.3 Å². The zero-order valence-electron chi connectivity index (χ0n) is 16.5. The van der Waals surface area contributed by atoms with Crippen molar-refractivity contribution in [2.75, 3.05) is 11.9 Å². The zero-order chi connectivity index (χ0) is 20.7. The second-order valence-corrected chi connectivity index (χ2v) is 7.27. The molecule has 0 bridgehead atoms. The summed E-state index contributed by atoms with van der Waals surface area (Å²) in [4.78, 5) is 29.3. The highest BCUT2D eigenvalue weighted by Crippen LogP contribution is 2.26. The Hall–Kier alpha value is -3.36. The number of aryl methyl sites for hydroxylation is 2. The number of rotatable bonds is 6. The van der Waals surface area contributed by atoms with Gasteiger partial charge < -0.3 is 15.0 Å². The van der Waals surface area contributed by atoms with Gasteiger partial charge in [-0.05, 0) is 32.4 Å². The number of hydrogen-bond donors (Lipinski definition) is 2. The Kier molecular flexibility index (Phi) is 4.73. The highest BCUT2D eigenvalue weighted by Gasteiger charge is 2.31. The molecule has 2 aliphatic rings. The molecule has 2 amide bonds. The number of ether oxygens (including phenoxy) is 1. The molecule has 9 nitrogen and oxygen atoms in total. The van der Waals surface area contributed by atoms with Crippen LogP contribution in [0.2, 0.25) is 0 Å². The summed E-state index contributed by atoms with van der Waals surface area (Å²) in [6.45, 7) is 8.59. The normalized spacial score (nSPS) is 19.7. The largest absolute Gasteiger partial charge is 0.493 e. The zero-order valence-corrected chi connectivity index (χ0v) is 16.5. The molecule has 3 N–H and O–H groups in total. The summed E-state index contributed by atoms with van der Waals surface area (Å²) >= 11 is 0. The van der Waals surface area contributed by atoms with Gasteiger partial charge in [-0.15, -0.1) is 6.58 Å². The van der Waals surface area contributed by atoms with Crippen LogP contribution >= 0.6 is 0 Å². The van der Waals surface area contributed by atoms with E-state index in [0.717, 1.165) is 11.0 Å². The van der Waals surface area contributed by atoms with Crippen molar-refractivity contribution >= 4 is 29.6 Å². The van der Waals surface area contributed by atoms with Gasteiger partial charge in [0.25, 0.3) is 5.91 Å². The Labute approximate surface area is 167 Å². The average molecular weight is 396 g/mol. The molecule has 152 valence electrons. The fraction of sp³-hybridized carbons (Fsp3) is 0.400. The molecule has 0 aromatic carbocycles. The number of nitrogens with two attached hydrogens (primary N) is 1. The number of nitrogens with zero attached hydrogens (tertiary/aromatic N) is 4. The topological polar surface area (TPSA) is 117 Å². The maximum Gasteiger partial charge on any atom is 0.276 e. The van der Waals surface area contributed by atoms with Gasteiger partial charge >= 0.3 is 0 Å². The van der Waals surface area contributed by atoms with Crippen LogP contribution in [-0.2, 0) is 16.1 Å². The van der Waals surface area contributed by atoms with Gasteiger partial charge in [0.05, 0.1) is 23.0 Å². The molecule has 0 fully saturated rings. The number of primary amides is 1. The Bertz CT molecular complexity index is 1130. The lowest BCUT2D eigenvalue weighted by Crippen LogP contribution is -2.44. The predicted octanol–water partition coefficient (Wildman–Crippen LogP) is 0.202. The highest BCUT2D eigenvalue weighted by molar-refractivity contribution is 6.02. The molecule has 2 atom stereocenters. The average Bonchev–Trinajstić information content (AvgIpc) is 3.25. The van der Waals surface area contributed by atoms with E-state index in [4.69, 9.17) is 10.5 Å². The fourth-order valence-electron chi connectivity index (χ4n) is 3.92. The van der Waals surface area contributed by atoms with Crippen molar-refractivity contribution < 1.29 is 14.3 Å². The minimum absolute atomic E-state index is 0.0563.